The van der Waals surface area contributed by atoms with Crippen LogP contribution in [0.3, 0.4) is 0 Å². The summed E-state index contributed by atoms with van der Waals surface area (Å²) in [5.74, 6) is 1.82. The van der Waals surface area contributed by atoms with Crippen LogP contribution >= 0.6 is 34.9 Å². The van der Waals surface area contributed by atoms with Crippen molar-refractivity contribution >= 4 is 56.7 Å². The van der Waals surface area contributed by atoms with E-state index in [1.807, 2.05) is 50.2 Å². The van der Waals surface area contributed by atoms with E-state index in [4.69, 9.17) is 0 Å². The van der Waals surface area contributed by atoms with Crippen LogP contribution in [-0.2, 0) is 17.1 Å². The van der Waals surface area contributed by atoms with Crippen LogP contribution in [0, 0.1) is 13.8 Å². The zero-order valence-corrected chi connectivity index (χ0v) is 20.0. The number of aryl methyl sites for hydroxylation is 2. The number of carbonyl (C=O) groups excluding carboxylic acids is 1. The number of para-hydroxylation sites is 1. The molecule has 0 saturated carbocycles. The van der Waals surface area contributed by atoms with Crippen molar-refractivity contribution in [3.8, 4) is 0 Å². The number of rotatable bonds is 8. The Morgan fingerprint density at radius 2 is 1.97 bits per heavy atom. The second-order valence-electron chi connectivity index (χ2n) is 7.03. The standard InChI is InChI=1S/C22H23N5OS3/c1-4-27-19(12-30-22-24-16-7-5-6-8-18(16)31-22)25-26-21(27)29-13-20(28)23-17-11-14(2)9-10-15(17)3/h5-11H,4,12-13H2,1-3H3,(H,23,28). The number of amides is 1. The van der Waals surface area contributed by atoms with Gasteiger partial charge in [0.1, 0.15) is 5.82 Å². The molecule has 4 rings (SSSR count). The lowest BCUT2D eigenvalue weighted by atomic mass is 10.1. The van der Waals surface area contributed by atoms with Crippen LogP contribution in [0.1, 0.15) is 23.9 Å². The molecule has 0 atom stereocenters. The van der Waals surface area contributed by atoms with Gasteiger partial charge in [-0.3, -0.25) is 4.79 Å². The first-order valence-electron chi connectivity index (χ1n) is 9.94. The number of hydrogen-bond donors (Lipinski definition) is 1. The highest BCUT2D eigenvalue weighted by molar-refractivity contribution is 8.00. The number of fused-ring (bicyclic) bond motifs is 1. The van der Waals surface area contributed by atoms with E-state index >= 15 is 0 Å². The smallest absolute Gasteiger partial charge is 0.234 e. The number of anilines is 1. The van der Waals surface area contributed by atoms with Crippen LogP contribution in [0.5, 0.6) is 0 Å². The molecule has 9 heteroatoms. The molecular weight excluding hydrogens is 446 g/mol. The number of nitrogens with zero attached hydrogens (tertiary/aromatic N) is 4. The van der Waals surface area contributed by atoms with Crippen molar-refractivity contribution in [2.24, 2.45) is 0 Å². The second-order valence-corrected chi connectivity index (χ2v) is 10.2. The Hall–Kier alpha value is -2.36. The van der Waals surface area contributed by atoms with E-state index in [9.17, 15) is 4.79 Å². The van der Waals surface area contributed by atoms with Gasteiger partial charge in [0.15, 0.2) is 9.50 Å². The van der Waals surface area contributed by atoms with Crippen LogP contribution in [0.2, 0.25) is 0 Å². The lowest BCUT2D eigenvalue weighted by Gasteiger charge is -2.10. The molecule has 160 valence electrons. The molecule has 0 spiro atoms. The predicted molar refractivity (Wildman–Crippen MR) is 130 cm³/mol. The van der Waals surface area contributed by atoms with Crippen LogP contribution in [-0.4, -0.2) is 31.4 Å². The Bertz CT molecular complexity index is 1180. The first kappa shape index (κ1) is 21.9. The number of carbonyl (C=O) groups is 1. The monoisotopic (exact) mass is 469 g/mol. The van der Waals surface area contributed by atoms with Crippen molar-refractivity contribution in [2.45, 2.75) is 42.6 Å². The molecule has 2 aromatic carbocycles. The van der Waals surface area contributed by atoms with Crippen LogP contribution in [0.4, 0.5) is 5.69 Å². The first-order valence-corrected chi connectivity index (χ1v) is 12.7. The van der Waals surface area contributed by atoms with Gasteiger partial charge in [-0.1, -0.05) is 47.8 Å². The molecule has 0 saturated heterocycles. The topological polar surface area (TPSA) is 72.7 Å². The molecule has 1 N–H and O–H groups in total. The third kappa shape index (κ3) is 5.28. The highest BCUT2D eigenvalue weighted by Gasteiger charge is 2.15. The van der Waals surface area contributed by atoms with Crippen molar-refractivity contribution in [1.82, 2.24) is 19.7 Å². The summed E-state index contributed by atoms with van der Waals surface area (Å²) >= 11 is 4.77. The van der Waals surface area contributed by atoms with Crippen molar-refractivity contribution < 1.29 is 4.79 Å². The third-order valence-corrected chi connectivity index (χ3v) is 7.85. The van der Waals surface area contributed by atoms with Crippen molar-refractivity contribution in [3.05, 3.63) is 59.4 Å². The molecule has 2 heterocycles. The third-order valence-electron chi connectivity index (χ3n) is 4.71. The van der Waals surface area contributed by atoms with Gasteiger partial charge in [0.05, 0.1) is 21.7 Å². The summed E-state index contributed by atoms with van der Waals surface area (Å²) in [6, 6.07) is 14.2. The summed E-state index contributed by atoms with van der Waals surface area (Å²) in [4.78, 5) is 17.1. The number of aromatic nitrogens is 4. The molecule has 0 radical (unpaired) electrons. The summed E-state index contributed by atoms with van der Waals surface area (Å²) in [5.41, 5.74) is 4.05. The zero-order chi connectivity index (χ0) is 21.8. The quantitative estimate of drug-likeness (QED) is 0.341. The Morgan fingerprint density at radius 3 is 2.77 bits per heavy atom. The minimum absolute atomic E-state index is 0.0465. The molecule has 0 aliphatic heterocycles. The molecule has 31 heavy (non-hydrogen) atoms. The maximum atomic E-state index is 12.5. The summed E-state index contributed by atoms with van der Waals surface area (Å²) in [6.45, 7) is 6.83. The van der Waals surface area contributed by atoms with Gasteiger partial charge >= 0.3 is 0 Å². The fourth-order valence-electron chi connectivity index (χ4n) is 3.08. The maximum Gasteiger partial charge on any atom is 0.234 e. The van der Waals surface area contributed by atoms with Crippen molar-refractivity contribution in [1.29, 1.82) is 0 Å². The minimum Gasteiger partial charge on any atom is -0.325 e. The SMILES string of the molecule is CCn1c(CSc2nc3ccccc3s2)nnc1SCC(=O)Nc1cc(C)ccc1C. The molecule has 2 aromatic heterocycles. The Labute approximate surface area is 193 Å². The van der Waals surface area contributed by atoms with E-state index in [1.165, 1.54) is 16.5 Å². The zero-order valence-electron chi connectivity index (χ0n) is 17.6. The summed E-state index contributed by atoms with van der Waals surface area (Å²) in [7, 11) is 0. The number of hydrogen-bond acceptors (Lipinski definition) is 7. The van der Waals surface area contributed by atoms with Crippen molar-refractivity contribution in [2.75, 3.05) is 11.1 Å². The second kappa shape index (κ2) is 9.84. The van der Waals surface area contributed by atoms with Gasteiger partial charge in [0.2, 0.25) is 5.91 Å². The van der Waals surface area contributed by atoms with Gasteiger partial charge in [-0.2, -0.15) is 0 Å². The van der Waals surface area contributed by atoms with E-state index in [2.05, 4.69) is 38.1 Å². The van der Waals surface area contributed by atoms with E-state index in [0.29, 0.717) is 5.75 Å². The van der Waals surface area contributed by atoms with Gasteiger partial charge in [-0.25, -0.2) is 4.98 Å². The molecule has 1 amide bonds. The number of thiazole rings is 1. The maximum absolute atomic E-state index is 12.5. The molecular formula is C22H23N5OS3. The molecule has 0 fully saturated rings. The lowest BCUT2D eigenvalue weighted by molar-refractivity contribution is -0.113. The highest BCUT2D eigenvalue weighted by atomic mass is 32.2. The molecule has 4 aromatic rings. The van der Waals surface area contributed by atoms with Crippen molar-refractivity contribution in [3.63, 3.8) is 0 Å². The van der Waals surface area contributed by atoms with Gasteiger partial charge in [-0.05, 0) is 50.1 Å². The molecule has 0 unspecified atom stereocenters. The summed E-state index contributed by atoms with van der Waals surface area (Å²) in [6.07, 6.45) is 0. The fourth-order valence-corrected chi connectivity index (χ4v) is 5.91. The minimum atomic E-state index is -0.0465. The van der Waals surface area contributed by atoms with Crippen LogP contribution in [0.15, 0.2) is 52.0 Å². The highest BCUT2D eigenvalue weighted by Crippen LogP contribution is 2.31. The Morgan fingerprint density at radius 1 is 1.13 bits per heavy atom. The first-order chi connectivity index (χ1) is 15.0. The van der Waals surface area contributed by atoms with Gasteiger partial charge < -0.3 is 9.88 Å². The lowest BCUT2D eigenvalue weighted by Crippen LogP contribution is -2.15. The molecule has 0 aliphatic rings. The van der Waals surface area contributed by atoms with Gasteiger partial charge in [0, 0.05) is 12.2 Å². The number of thioether (sulfide) groups is 2. The summed E-state index contributed by atoms with van der Waals surface area (Å²) in [5, 5.41) is 12.4. The van der Waals surface area contributed by atoms with E-state index in [0.717, 1.165) is 44.2 Å². The largest absolute Gasteiger partial charge is 0.325 e. The molecule has 0 bridgehead atoms. The number of nitrogens with one attached hydrogen (secondary N) is 1. The van der Waals surface area contributed by atoms with E-state index in [1.54, 1.807) is 23.1 Å². The Kier molecular flexibility index (Phi) is 6.94. The van der Waals surface area contributed by atoms with Gasteiger partial charge in [-0.15, -0.1) is 21.5 Å². The number of benzene rings is 2. The molecule has 0 aliphatic carbocycles. The van der Waals surface area contributed by atoms with E-state index in [-0.39, 0.29) is 11.7 Å². The van der Waals surface area contributed by atoms with Gasteiger partial charge in [0.25, 0.3) is 0 Å². The Balaban J connectivity index is 1.37. The average molecular weight is 470 g/mol. The average Bonchev–Trinajstić information content (AvgIpc) is 3.36. The fraction of sp³-hybridized carbons (Fsp3) is 0.273. The normalized spacial score (nSPS) is 11.2. The summed E-state index contributed by atoms with van der Waals surface area (Å²) < 4.78 is 4.28. The van der Waals surface area contributed by atoms with Crippen LogP contribution < -0.4 is 5.32 Å². The van der Waals surface area contributed by atoms with Crippen LogP contribution in [0.25, 0.3) is 10.2 Å². The van der Waals surface area contributed by atoms with E-state index < -0.39 is 0 Å². The molecule has 6 nitrogen and oxygen atoms in total. The predicted octanol–water partition coefficient (Wildman–Crippen LogP) is 5.55.